The monoisotopic (exact) mass is 318 g/mol. The van der Waals surface area contributed by atoms with Gasteiger partial charge in [-0.15, -0.1) is 23.1 Å². The molecule has 0 aliphatic rings. The second-order valence-corrected chi connectivity index (χ2v) is 6.44. The van der Waals surface area contributed by atoms with Crippen LogP contribution in [0.15, 0.2) is 39.1 Å². The van der Waals surface area contributed by atoms with E-state index < -0.39 is 0 Å². The highest BCUT2D eigenvalue weighted by Crippen LogP contribution is 2.24. The maximum Gasteiger partial charge on any atom is 0.277 e. The fourth-order valence-corrected chi connectivity index (χ4v) is 3.09. The summed E-state index contributed by atoms with van der Waals surface area (Å²) in [5, 5.41) is 6.73. The summed E-state index contributed by atoms with van der Waals surface area (Å²) in [6.07, 6.45) is 0. The van der Waals surface area contributed by atoms with Crippen LogP contribution in [0.1, 0.15) is 16.4 Å². The summed E-state index contributed by atoms with van der Waals surface area (Å²) in [4.78, 5) is 9.88. The number of nitrogens with two attached hydrogens (primary N) is 1. The molecule has 2 N–H and O–H groups in total. The molecule has 2 heterocycles. The fraction of sp³-hybridized carbons (Fsp3) is 0.214. The van der Waals surface area contributed by atoms with Crippen molar-refractivity contribution in [2.75, 3.05) is 0 Å². The van der Waals surface area contributed by atoms with Crippen molar-refractivity contribution in [2.24, 2.45) is 5.73 Å². The van der Waals surface area contributed by atoms with Crippen LogP contribution in [0.3, 0.4) is 0 Å². The third kappa shape index (κ3) is 3.49. The summed E-state index contributed by atoms with van der Waals surface area (Å²) < 4.78 is 5.24. The van der Waals surface area contributed by atoms with Crippen LogP contribution in [-0.4, -0.2) is 15.1 Å². The van der Waals surface area contributed by atoms with Crippen molar-refractivity contribution >= 4 is 23.1 Å². The highest BCUT2D eigenvalue weighted by molar-refractivity contribution is 7.98. The Morgan fingerprint density at radius 2 is 2.05 bits per heavy atom. The summed E-state index contributed by atoms with van der Waals surface area (Å²) >= 11 is 3.17. The molecule has 0 bridgehead atoms. The second kappa shape index (κ2) is 6.38. The van der Waals surface area contributed by atoms with Gasteiger partial charge in [0.05, 0.1) is 5.75 Å². The second-order valence-electron chi connectivity index (χ2n) is 4.45. The molecule has 7 heteroatoms. The first kappa shape index (κ1) is 14.2. The average Bonchev–Trinajstić information content (AvgIpc) is 3.15. The molecule has 0 fully saturated rings. The van der Waals surface area contributed by atoms with Crippen molar-refractivity contribution in [3.63, 3.8) is 0 Å². The number of hydrogen-bond acceptors (Lipinski definition) is 7. The molecule has 108 valence electrons. The Balaban J connectivity index is 1.66. The maximum absolute atomic E-state index is 5.55. The predicted molar refractivity (Wildman–Crippen MR) is 84.0 cm³/mol. The Hall–Kier alpha value is -1.70. The highest BCUT2D eigenvalue weighted by atomic mass is 32.2. The number of thioether (sulfide) groups is 1. The van der Waals surface area contributed by atoms with Crippen LogP contribution in [0, 0.1) is 6.92 Å². The van der Waals surface area contributed by atoms with Crippen LogP contribution < -0.4 is 5.73 Å². The van der Waals surface area contributed by atoms with Gasteiger partial charge in [0, 0.05) is 16.8 Å². The molecular formula is C14H14N4OS2. The maximum atomic E-state index is 5.55. The standard InChI is InChI=1S/C14H14N4OS2/c1-9-2-4-10(5-3-9)20-8-12-17-14(19-18-12)11-7-21-13(6-15)16-11/h2-5,7H,6,8,15H2,1H3. The Bertz CT molecular complexity index is 721. The van der Waals surface area contributed by atoms with E-state index in [1.165, 1.54) is 21.8 Å². The van der Waals surface area contributed by atoms with Gasteiger partial charge in [0.15, 0.2) is 5.82 Å². The smallest absolute Gasteiger partial charge is 0.277 e. The van der Waals surface area contributed by atoms with E-state index in [1.54, 1.807) is 11.8 Å². The number of aromatic nitrogens is 3. The minimum absolute atomic E-state index is 0.426. The molecule has 2 aromatic heterocycles. The van der Waals surface area contributed by atoms with Crippen molar-refractivity contribution in [1.82, 2.24) is 15.1 Å². The number of aryl methyl sites for hydroxylation is 1. The van der Waals surface area contributed by atoms with Gasteiger partial charge in [0.1, 0.15) is 10.7 Å². The zero-order chi connectivity index (χ0) is 14.7. The number of benzene rings is 1. The van der Waals surface area contributed by atoms with Gasteiger partial charge in [0.25, 0.3) is 5.89 Å². The largest absolute Gasteiger partial charge is 0.332 e. The molecule has 0 aliphatic carbocycles. The lowest BCUT2D eigenvalue weighted by Gasteiger charge is -1.98. The Labute approximate surface area is 130 Å². The van der Waals surface area contributed by atoms with Crippen molar-refractivity contribution in [2.45, 2.75) is 24.1 Å². The van der Waals surface area contributed by atoms with Crippen LogP contribution in [0.2, 0.25) is 0 Å². The first-order valence-electron chi connectivity index (χ1n) is 6.41. The molecule has 0 amide bonds. The average molecular weight is 318 g/mol. The molecule has 0 atom stereocenters. The molecule has 0 unspecified atom stereocenters. The van der Waals surface area contributed by atoms with Crippen LogP contribution in [0.25, 0.3) is 11.6 Å². The predicted octanol–water partition coefficient (Wildman–Crippen LogP) is 3.25. The number of nitrogens with zero attached hydrogens (tertiary/aromatic N) is 3. The lowest BCUT2D eigenvalue weighted by molar-refractivity contribution is 0.424. The summed E-state index contributed by atoms with van der Waals surface area (Å²) in [6, 6.07) is 8.37. The SMILES string of the molecule is Cc1ccc(SCc2noc(-c3csc(CN)n3)n2)cc1. The molecule has 3 rings (SSSR count). The molecule has 0 saturated carbocycles. The molecule has 1 aromatic carbocycles. The van der Waals surface area contributed by atoms with E-state index in [-0.39, 0.29) is 0 Å². The van der Waals surface area contributed by atoms with Gasteiger partial charge in [0.2, 0.25) is 0 Å². The zero-order valence-electron chi connectivity index (χ0n) is 11.4. The lowest BCUT2D eigenvalue weighted by atomic mass is 10.2. The number of hydrogen-bond donors (Lipinski definition) is 1. The van der Waals surface area contributed by atoms with Gasteiger partial charge in [-0.25, -0.2) is 4.98 Å². The van der Waals surface area contributed by atoms with Crippen LogP contribution in [0.4, 0.5) is 0 Å². The topological polar surface area (TPSA) is 77.8 Å². The highest BCUT2D eigenvalue weighted by Gasteiger charge is 2.12. The van der Waals surface area contributed by atoms with Gasteiger partial charge in [-0.2, -0.15) is 4.98 Å². The fourth-order valence-electron chi connectivity index (χ4n) is 1.70. The van der Waals surface area contributed by atoms with E-state index in [4.69, 9.17) is 10.3 Å². The summed E-state index contributed by atoms with van der Waals surface area (Å²) in [5.41, 5.74) is 7.49. The molecule has 5 nitrogen and oxygen atoms in total. The Morgan fingerprint density at radius 1 is 1.24 bits per heavy atom. The normalized spacial score (nSPS) is 11.0. The third-order valence-electron chi connectivity index (χ3n) is 2.80. The Morgan fingerprint density at radius 3 is 2.76 bits per heavy atom. The Kier molecular flexibility index (Phi) is 4.33. The number of rotatable bonds is 5. The molecule has 0 spiro atoms. The van der Waals surface area contributed by atoms with Crippen LogP contribution in [-0.2, 0) is 12.3 Å². The van der Waals surface area contributed by atoms with Gasteiger partial charge in [-0.05, 0) is 19.1 Å². The quantitative estimate of drug-likeness (QED) is 0.728. The third-order valence-corrected chi connectivity index (χ3v) is 4.68. The minimum atomic E-state index is 0.426. The zero-order valence-corrected chi connectivity index (χ0v) is 13.1. The number of thiazole rings is 1. The van der Waals surface area contributed by atoms with Crippen molar-refractivity contribution in [3.05, 3.63) is 46.0 Å². The van der Waals surface area contributed by atoms with Gasteiger partial charge in [-0.3, -0.25) is 0 Å². The van der Waals surface area contributed by atoms with Crippen LogP contribution >= 0.6 is 23.1 Å². The summed E-state index contributed by atoms with van der Waals surface area (Å²) in [5.74, 6) is 1.78. The van der Waals surface area contributed by atoms with Crippen LogP contribution in [0.5, 0.6) is 0 Å². The molecule has 0 radical (unpaired) electrons. The lowest BCUT2D eigenvalue weighted by Crippen LogP contribution is -1.94. The van der Waals surface area contributed by atoms with Crippen molar-refractivity contribution in [3.8, 4) is 11.6 Å². The van der Waals surface area contributed by atoms with E-state index in [0.717, 1.165) is 5.01 Å². The summed E-state index contributed by atoms with van der Waals surface area (Å²) in [7, 11) is 0. The van der Waals surface area contributed by atoms with E-state index in [2.05, 4.69) is 46.3 Å². The van der Waals surface area contributed by atoms with E-state index in [9.17, 15) is 0 Å². The summed E-state index contributed by atoms with van der Waals surface area (Å²) in [6.45, 7) is 2.50. The van der Waals surface area contributed by atoms with Gasteiger partial charge >= 0.3 is 0 Å². The molecule has 0 saturated heterocycles. The van der Waals surface area contributed by atoms with Gasteiger partial charge < -0.3 is 10.3 Å². The van der Waals surface area contributed by atoms with E-state index >= 15 is 0 Å². The van der Waals surface area contributed by atoms with E-state index in [0.29, 0.717) is 29.7 Å². The van der Waals surface area contributed by atoms with E-state index in [1.807, 2.05) is 5.38 Å². The van der Waals surface area contributed by atoms with Crippen molar-refractivity contribution < 1.29 is 4.52 Å². The minimum Gasteiger partial charge on any atom is -0.332 e. The first-order valence-corrected chi connectivity index (χ1v) is 8.28. The molecular weight excluding hydrogens is 304 g/mol. The van der Waals surface area contributed by atoms with Crippen molar-refractivity contribution in [1.29, 1.82) is 0 Å². The first-order chi connectivity index (χ1) is 10.2. The molecule has 0 aliphatic heterocycles. The molecule has 21 heavy (non-hydrogen) atoms. The van der Waals surface area contributed by atoms with Gasteiger partial charge in [-0.1, -0.05) is 22.9 Å². The molecule has 3 aromatic rings.